The van der Waals surface area contributed by atoms with Crippen molar-refractivity contribution in [2.24, 2.45) is 5.10 Å². The van der Waals surface area contributed by atoms with Gasteiger partial charge >= 0.3 is 0 Å². The molecule has 142 valence electrons. The van der Waals surface area contributed by atoms with Crippen molar-refractivity contribution in [1.29, 1.82) is 0 Å². The Morgan fingerprint density at radius 1 is 1.11 bits per heavy atom. The molecular weight excluding hydrogens is 414 g/mol. The highest BCUT2D eigenvalue weighted by atomic mass is 79.9. The van der Waals surface area contributed by atoms with Crippen LogP contribution in [0.1, 0.15) is 22.8 Å². The number of amides is 2. The minimum absolute atomic E-state index is 0.342. The van der Waals surface area contributed by atoms with E-state index in [1.165, 1.54) is 13.3 Å². The van der Waals surface area contributed by atoms with E-state index in [9.17, 15) is 9.59 Å². The Bertz CT molecular complexity index is 837. The summed E-state index contributed by atoms with van der Waals surface area (Å²) in [5, 5.41) is 6.54. The Balaban J connectivity index is 1.93. The van der Waals surface area contributed by atoms with Crippen LogP contribution in [-0.4, -0.2) is 38.3 Å². The van der Waals surface area contributed by atoms with Gasteiger partial charge in [0.1, 0.15) is 17.5 Å². The number of methoxy groups -OCH3 is 2. The molecule has 0 aliphatic carbocycles. The quantitative estimate of drug-likeness (QED) is 0.518. The van der Waals surface area contributed by atoms with Crippen LogP contribution >= 0.6 is 15.9 Å². The molecule has 2 aromatic rings. The minimum atomic E-state index is -0.754. The molecule has 0 fully saturated rings. The van der Waals surface area contributed by atoms with Gasteiger partial charge in [0.2, 0.25) is 0 Å². The summed E-state index contributed by atoms with van der Waals surface area (Å²) in [6.45, 7) is 1.58. The number of nitrogens with zero attached hydrogens (tertiary/aromatic N) is 1. The fourth-order valence-electron chi connectivity index (χ4n) is 2.13. The maximum absolute atomic E-state index is 12.1. The average molecular weight is 434 g/mol. The van der Waals surface area contributed by atoms with Crippen LogP contribution in [0.4, 0.5) is 0 Å². The number of rotatable bonds is 7. The fourth-order valence-corrected chi connectivity index (χ4v) is 2.40. The lowest BCUT2D eigenvalue weighted by Crippen LogP contribution is -2.43. The second-order valence-electron chi connectivity index (χ2n) is 5.54. The molecule has 0 spiro atoms. The summed E-state index contributed by atoms with van der Waals surface area (Å²) in [5.74, 6) is 0.427. The van der Waals surface area contributed by atoms with Crippen LogP contribution in [0.5, 0.6) is 11.5 Å². The number of hydrogen-bond acceptors (Lipinski definition) is 5. The van der Waals surface area contributed by atoms with Gasteiger partial charge in [-0.2, -0.15) is 5.10 Å². The van der Waals surface area contributed by atoms with Gasteiger partial charge in [0.05, 0.1) is 20.4 Å². The topological polar surface area (TPSA) is 89.0 Å². The van der Waals surface area contributed by atoms with E-state index in [1.807, 2.05) is 0 Å². The van der Waals surface area contributed by atoms with Crippen LogP contribution in [0.2, 0.25) is 0 Å². The molecule has 0 aliphatic heterocycles. The van der Waals surface area contributed by atoms with Crippen molar-refractivity contribution in [3.63, 3.8) is 0 Å². The van der Waals surface area contributed by atoms with Gasteiger partial charge in [0.15, 0.2) is 0 Å². The molecule has 0 radical (unpaired) electrons. The molecule has 8 heteroatoms. The molecule has 0 saturated heterocycles. The van der Waals surface area contributed by atoms with Gasteiger partial charge in [-0.25, -0.2) is 5.43 Å². The largest absolute Gasteiger partial charge is 0.497 e. The van der Waals surface area contributed by atoms with E-state index in [0.29, 0.717) is 22.6 Å². The summed E-state index contributed by atoms with van der Waals surface area (Å²) in [5.41, 5.74) is 3.53. The van der Waals surface area contributed by atoms with E-state index >= 15 is 0 Å². The fraction of sp³-hybridized carbons (Fsp3) is 0.211. The van der Waals surface area contributed by atoms with E-state index in [4.69, 9.17) is 9.47 Å². The SMILES string of the molecule is COc1ccc(C=NNC(=O)C(C)NC(=O)c2ccc(Br)cc2)c(OC)c1. The smallest absolute Gasteiger partial charge is 0.262 e. The number of hydrazone groups is 1. The molecule has 2 amide bonds. The maximum atomic E-state index is 12.1. The number of hydrogen-bond donors (Lipinski definition) is 2. The Hall–Kier alpha value is -2.87. The highest BCUT2D eigenvalue weighted by Gasteiger charge is 2.16. The maximum Gasteiger partial charge on any atom is 0.262 e. The van der Waals surface area contributed by atoms with Crippen molar-refractivity contribution in [3.05, 3.63) is 58.1 Å². The lowest BCUT2D eigenvalue weighted by atomic mass is 10.2. The Labute approximate surface area is 165 Å². The predicted molar refractivity (Wildman–Crippen MR) is 106 cm³/mol. The molecular formula is C19H20BrN3O4. The van der Waals surface area contributed by atoms with Gasteiger partial charge in [0.25, 0.3) is 11.8 Å². The average Bonchev–Trinajstić information content (AvgIpc) is 2.68. The van der Waals surface area contributed by atoms with Gasteiger partial charge in [-0.1, -0.05) is 15.9 Å². The van der Waals surface area contributed by atoms with Crippen molar-refractivity contribution in [1.82, 2.24) is 10.7 Å². The van der Waals surface area contributed by atoms with E-state index in [0.717, 1.165) is 4.47 Å². The van der Waals surface area contributed by atoms with Crippen molar-refractivity contribution in [2.75, 3.05) is 14.2 Å². The lowest BCUT2D eigenvalue weighted by Gasteiger charge is -2.12. The Morgan fingerprint density at radius 3 is 2.44 bits per heavy atom. The number of ether oxygens (including phenoxy) is 2. The van der Waals surface area contributed by atoms with Crippen molar-refractivity contribution in [3.8, 4) is 11.5 Å². The highest BCUT2D eigenvalue weighted by molar-refractivity contribution is 9.10. The monoisotopic (exact) mass is 433 g/mol. The van der Waals surface area contributed by atoms with E-state index in [2.05, 4.69) is 31.8 Å². The first-order valence-electron chi connectivity index (χ1n) is 8.06. The van der Waals surface area contributed by atoms with Crippen molar-refractivity contribution >= 4 is 34.0 Å². The molecule has 27 heavy (non-hydrogen) atoms. The lowest BCUT2D eigenvalue weighted by molar-refractivity contribution is -0.122. The number of carbonyl (C=O) groups is 2. The third-order valence-corrected chi connectivity index (χ3v) is 4.19. The third kappa shape index (κ3) is 5.82. The van der Waals surface area contributed by atoms with Crippen LogP contribution in [0.15, 0.2) is 52.0 Å². The zero-order valence-corrected chi connectivity index (χ0v) is 16.7. The van der Waals surface area contributed by atoms with Crippen molar-refractivity contribution in [2.45, 2.75) is 13.0 Å². The molecule has 1 unspecified atom stereocenters. The summed E-state index contributed by atoms with van der Waals surface area (Å²) in [7, 11) is 3.09. The second-order valence-corrected chi connectivity index (χ2v) is 6.46. The summed E-state index contributed by atoms with van der Waals surface area (Å²) in [6, 6.07) is 11.3. The molecule has 0 saturated carbocycles. The molecule has 2 aromatic carbocycles. The van der Waals surface area contributed by atoms with E-state index in [-0.39, 0.29) is 5.91 Å². The molecule has 0 heterocycles. The van der Waals surface area contributed by atoms with Crippen molar-refractivity contribution < 1.29 is 19.1 Å². The highest BCUT2D eigenvalue weighted by Crippen LogP contribution is 2.22. The molecule has 1 atom stereocenters. The first-order valence-corrected chi connectivity index (χ1v) is 8.85. The summed E-state index contributed by atoms with van der Waals surface area (Å²) < 4.78 is 11.3. The van der Waals surface area contributed by atoms with E-state index < -0.39 is 11.9 Å². The van der Waals surface area contributed by atoms with Crippen LogP contribution in [0.3, 0.4) is 0 Å². The van der Waals surface area contributed by atoms with Crippen LogP contribution in [-0.2, 0) is 4.79 Å². The summed E-state index contributed by atoms with van der Waals surface area (Å²) in [6.07, 6.45) is 1.46. The van der Waals surface area contributed by atoms with Gasteiger partial charge in [-0.15, -0.1) is 0 Å². The zero-order chi connectivity index (χ0) is 19.8. The molecule has 0 aliphatic rings. The number of halogens is 1. The van der Waals surface area contributed by atoms with Gasteiger partial charge in [0, 0.05) is 21.7 Å². The summed E-state index contributed by atoms with van der Waals surface area (Å²) in [4.78, 5) is 24.2. The first kappa shape index (κ1) is 20.4. The third-order valence-electron chi connectivity index (χ3n) is 3.67. The van der Waals surface area contributed by atoms with Gasteiger partial charge in [-0.3, -0.25) is 9.59 Å². The van der Waals surface area contributed by atoms with Crippen LogP contribution < -0.4 is 20.2 Å². The van der Waals surface area contributed by atoms with Gasteiger partial charge < -0.3 is 14.8 Å². The second kappa shape index (κ2) is 9.72. The Morgan fingerprint density at radius 2 is 1.81 bits per heavy atom. The predicted octanol–water partition coefficient (Wildman–Crippen LogP) is 2.73. The molecule has 0 bridgehead atoms. The standard InChI is InChI=1S/C19H20BrN3O4/c1-12(22-19(25)13-4-7-15(20)8-5-13)18(24)23-21-11-14-6-9-16(26-2)10-17(14)27-3/h4-12H,1-3H3,(H,22,25)(H,23,24). The van der Waals surface area contributed by atoms with Crippen LogP contribution in [0.25, 0.3) is 0 Å². The minimum Gasteiger partial charge on any atom is -0.497 e. The number of benzene rings is 2. The molecule has 7 nitrogen and oxygen atoms in total. The molecule has 2 N–H and O–H groups in total. The normalized spacial score (nSPS) is 11.7. The Kier molecular flexibility index (Phi) is 7.36. The van der Waals surface area contributed by atoms with Crippen LogP contribution in [0, 0.1) is 0 Å². The van der Waals surface area contributed by atoms with E-state index in [1.54, 1.807) is 56.5 Å². The molecule has 2 rings (SSSR count). The number of nitrogens with one attached hydrogen (secondary N) is 2. The first-order chi connectivity index (χ1) is 12.9. The van der Waals surface area contributed by atoms with Gasteiger partial charge in [-0.05, 0) is 43.3 Å². The molecule has 0 aromatic heterocycles. The zero-order valence-electron chi connectivity index (χ0n) is 15.2. The summed E-state index contributed by atoms with van der Waals surface area (Å²) >= 11 is 3.31. The number of carbonyl (C=O) groups excluding carboxylic acids is 2.